The summed E-state index contributed by atoms with van der Waals surface area (Å²) in [5.41, 5.74) is 6.92. The SMILES string of the molecule is C.CC(C)(C)OC(=O)N1CCC(C2c3ccc(Cl)cc3C=C(C(=O)N3CCC[C@@H](Cn4ccnc4)C3)c3cccnc32)CC1.CC(C)(C)OC(=O)N1CCC(C2c3ccc(Cl)cc3C=C(C(=O)O)c3cccnc32)CC1.Cl.c1cn(C[C@@H]2CCCNC2)cn1. The van der Waals surface area contributed by atoms with Crippen LogP contribution in [0.1, 0.15) is 157 Å². The highest BCUT2D eigenvalue weighted by atomic mass is 35.5. The Morgan fingerprint density at radius 3 is 1.53 bits per heavy atom. The van der Waals surface area contributed by atoms with Gasteiger partial charge < -0.3 is 43.7 Å². The summed E-state index contributed by atoms with van der Waals surface area (Å²) in [5, 5.41) is 14.5. The van der Waals surface area contributed by atoms with E-state index in [9.17, 15) is 24.3 Å². The van der Waals surface area contributed by atoms with E-state index in [1.54, 1.807) is 29.4 Å². The standard InChI is InChI=1S/C34H40ClN5O3.C25H27ClN2O4.C9H15N3.CH4.ClH/c1-34(2,3)43-33(42)39-15-10-24(11-16-39)30-27-9-8-26(35)18-25(27)19-29(28-7-4-12-37-31(28)30)32(41)40-14-5-6-23(21-40)20-38-17-13-36-22-38;1-25(2,3)32-24(31)28-11-8-15(9-12-28)21-18-7-6-17(26)13-16(18)14-20(23(29)30)19-5-4-10-27-22(19)21;1-2-9(6-10-3-1)7-12-5-4-11-8-12;;/h4,7-9,12-13,17-19,22-24,30H,5-6,10-11,14-16,20-21H2,1-3H3;4-7,10,13-15,21H,8-9,11-12H2,1-3H3,(H,29,30);4-5,8-10H,1-3,6-7H2;1H4;1H/t23-,30?;;9-;;/m0.1../s1. The molecule has 2 aliphatic carbocycles. The second-order valence-corrected chi connectivity index (χ2v) is 26.8. The van der Waals surface area contributed by atoms with Crippen LogP contribution in [0.3, 0.4) is 0 Å². The first-order valence-electron chi connectivity index (χ1n) is 30.8. The quantitative estimate of drug-likeness (QED) is 0.147. The lowest BCUT2D eigenvalue weighted by molar-refractivity contribution is -0.130. The minimum atomic E-state index is -0.995. The van der Waals surface area contributed by atoms with Gasteiger partial charge in [0, 0.05) is 128 Å². The fraction of sp³-hybridized carbons (Fsp3) is 0.478. The molecule has 4 aliphatic heterocycles. The Bertz CT molecular complexity index is 3430. The fourth-order valence-corrected chi connectivity index (χ4v) is 13.6. The number of imidazole rings is 2. The van der Waals surface area contributed by atoms with Gasteiger partial charge >= 0.3 is 18.2 Å². The molecule has 476 valence electrons. The first-order chi connectivity index (χ1) is 41.7. The third-order valence-electron chi connectivity index (χ3n) is 17.3. The highest BCUT2D eigenvalue weighted by molar-refractivity contribution is 6.31. The van der Waals surface area contributed by atoms with Gasteiger partial charge in [0.1, 0.15) is 11.2 Å². The zero-order valence-corrected chi connectivity index (χ0v) is 53.7. The van der Waals surface area contributed by atoms with Gasteiger partial charge in [-0.25, -0.2) is 24.4 Å². The molecule has 0 spiro atoms. The molecule has 4 fully saturated rings. The number of aromatic nitrogens is 6. The molecule has 89 heavy (non-hydrogen) atoms. The topological polar surface area (TPSA) is 190 Å². The van der Waals surface area contributed by atoms with Crippen molar-refractivity contribution in [2.75, 3.05) is 52.4 Å². The van der Waals surface area contributed by atoms with Crippen LogP contribution >= 0.6 is 35.6 Å². The predicted octanol–water partition coefficient (Wildman–Crippen LogP) is 13.9. The summed E-state index contributed by atoms with van der Waals surface area (Å²) in [6.45, 7) is 19.4. The zero-order chi connectivity index (χ0) is 61.4. The van der Waals surface area contributed by atoms with Crippen molar-refractivity contribution in [3.8, 4) is 0 Å². The number of carboxylic acid groups (broad SMARTS) is 1. The fourth-order valence-electron chi connectivity index (χ4n) is 13.3. The highest BCUT2D eigenvalue weighted by Gasteiger charge is 2.40. The van der Waals surface area contributed by atoms with Crippen LogP contribution in [0, 0.1) is 23.7 Å². The number of nitrogens with zero attached hydrogens (tertiary/aromatic N) is 9. The lowest BCUT2D eigenvalue weighted by atomic mass is 9.76. The van der Waals surface area contributed by atoms with E-state index in [0.717, 1.165) is 110 Å². The lowest BCUT2D eigenvalue weighted by Crippen LogP contribution is -2.43. The summed E-state index contributed by atoms with van der Waals surface area (Å²) in [6.07, 6.45) is 26.0. The Morgan fingerprint density at radius 1 is 0.607 bits per heavy atom. The molecule has 4 aromatic heterocycles. The number of carbonyl (C=O) groups excluding carboxylic acids is 3. The predicted molar refractivity (Wildman–Crippen MR) is 353 cm³/mol. The number of nitrogens with one attached hydrogen (secondary N) is 1. The molecule has 20 heteroatoms. The molecular formula is C69H87Cl3N10O7. The van der Waals surface area contributed by atoms with Crippen molar-refractivity contribution in [3.05, 3.63) is 165 Å². The van der Waals surface area contributed by atoms with Crippen LogP contribution in [0.5, 0.6) is 0 Å². The van der Waals surface area contributed by atoms with Crippen LogP contribution in [0.4, 0.5) is 9.59 Å². The van der Waals surface area contributed by atoms with Gasteiger partial charge in [-0.1, -0.05) is 54.9 Å². The van der Waals surface area contributed by atoms with Crippen molar-refractivity contribution in [3.63, 3.8) is 0 Å². The number of benzene rings is 2. The molecule has 4 atom stereocenters. The van der Waals surface area contributed by atoms with E-state index >= 15 is 0 Å². The molecule has 3 amide bonds. The van der Waals surface area contributed by atoms with Crippen LogP contribution in [0.25, 0.3) is 23.3 Å². The summed E-state index contributed by atoms with van der Waals surface area (Å²) < 4.78 is 15.4. The van der Waals surface area contributed by atoms with Crippen LogP contribution in [-0.4, -0.2) is 136 Å². The van der Waals surface area contributed by atoms with Crippen LogP contribution < -0.4 is 5.32 Å². The van der Waals surface area contributed by atoms with E-state index in [2.05, 4.69) is 35.5 Å². The smallest absolute Gasteiger partial charge is 0.410 e. The number of likely N-dealkylation sites (tertiary alicyclic amines) is 3. The summed E-state index contributed by atoms with van der Waals surface area (Å²) in [5.74, 6) is 0.535. The number of pyridine rings is 2. The zero-order valence-electron chi connectivity index (χ0n) is 51.3. The Balaban J connectivity index is 0.000000195. The van der Waals surface area contributed by atoms with Crippen molar-refractivity contribution in [2.24, 2.45) is 23.7 Å². The summed E-state index contributed by atoms with van der Waals surface area (Å²) in [4.78, 5) is 75.1. The van der Waals surface area contributed by atoms with Crippen molar-refractivity contribution in [2.45, 2.75) is 136 Å². The molecule has 2 N–H and O–H groups in total. The summed E-state index contributed by atoms with van der Waals surface area (Å²) >= 11 is 12.8. The minimum Gasteiger partial charge on any atom is -0.478 e. The number of carboxylic acids is 1. The van der Waals surface area contributed by atoms with Gasteiger partial charge in [-0.15, -0.1) is 12.4 Å². The van der Waals surface area contributed by atoms with Crippen molar-refractivity contribution in [1.29, 1.82) is 0 Å². The molecule has 0 bridgehead atoms. The lowest BCUT2D eigenvalue weighted by Gasteiger charge is -2.37. The van der Waals surface area contributed by atoms with Gasteiger partial charge in [0.2, 0.25) is 0 Å². The van der Waals surface area contributed by atoms with Crippen LogP contribution in [0.15, 0.2) is 110 Å². The van der Waals surface area contributed by atoms with Gasteiger partial charge in [-0.05, 0) is 200 Å². The Morgan fingerprint density at radius 2 is 1.08 bits per heavy atom. The molecule has 12 rings (SSSR count). The summed E-state index contributed by atoms with van der Waals surface area (Å²) in [7, 11) is 0. The number of hydrogen-bond donors (Lipinski definition) is 2. The van der Waals surface area contributed by atoms with E-state index in [-0.39, 0.29) is 67.2 Å². The van der Waals surface area contributed by atoms with E-state index < -0.39 is 17.2 Å². The molecule has 8 heterocycles. The molecule has 17 nitrogen and oxygen atoms in total. The largest absolute Gasteiger partial charge is 0.478 e. The first kappa shape index (κ1) is 67.9. The molecule has 0 radical (unpaired) electrons. The monoisotopic (exact) mass is 1270 g/mol. The maximum atomic E-state index is 14.3. The second-order valence-electron chi connectivity index (χ2n) is 25.9. The number of carbonyl (C=O) groups is 4. The van der Waals surface area contributed by atoms with Crippen molar-refractivity contribution < 1.29 is 33.8 Å². The molecule has 6 aliphatic rings. The maximum absolute atomic E-state index is 14.3. The number of halogens is 3. The van der Waals surface area contributed by atoms with Gasteiger partial charge in [-0.2, -0.15) is 0 Å². The minimum absolute atomic E-state index is 0. The van der Waals surface area contributed by atoms with Gasteiger partial charge in [0.05, 0.1) is 29.6 Å². The average Bonchev–Trinajstić information content (AvgIpc) is 1.74. The Labute approximate surface area is 540 Å². The third kappa shape index (κ3) is 17.3. The molecule has 2 unspecified atom stereocenters. The van der Waals surface area contributed by atoms with Gasteiger partial charge in [0.25, 0.3) is 5.91 Å². The molecule has 2 aromatic carbocycles. The van der Waals surface area contributed by atoms with E-state index in [1.165, 1.54) is 19.4 Å². The van der Waals surface area contributed by atoms with Crippen LogP contribution in [0.2, 0.25) is 10.0 Å². The molecular weight excluding hydrogens is 1190 g/mol. The summed E-state index contributed by atoms with van der Waals surface area (Å²) in [6, 6.07) is 19.2. The maximum Gasteiger partial charge on any atom is 0.410 e. The number of amides is 3. The number of aliphatic carboxylic acids is 1. The number of rotatable bonds is 8. The average molecular weight is 1270 g/mol. The number of ether oxygens (including phenoxy) is 2. The second kappa shape index (κ2) is 30.2. The van der Waals surface area contributed by atoms with Gasteiger partial charge in [-0.3, -0.25) is 14.8 Å². The van der Waals surface area contributed by atoms with Gasteiger partial charge in [0.15, 0.2) is 0 Å². The van der Waals surface area contributed by atoms with Crippen LogP contribution in [-0.2, 0) is 32.2 Å². The normalized spacial score (nSPS) is 20.2. The Hall–Kier alpha value is -7.05. The van der Waals surface area contributed by atoms with E-state index in [0.29, 0.717) is 59.8 Å². The molecule has 6 aromatic rings. The highest BCUT2D eigenvalue weighted by Crippen LogP contribution is 2.47. The number of hydrogen-bond acceptors (Lipinski definition) is 11. The Kier molecular flexibility index (Phi) is 23.0. The molecule has 0 saturated carbocycles. The molecule has 4 saturated heterocycles. The van der Waals surface area contributed by atoms with E-state index in [4.69, 9.17) is 37.7 Å². The van der Waals surface area contributed by atoms with Crippen molar-refractivity contribution in [1.82, 2.24) is 49.1 Å². The van der Waals surface area contributed by atoms with Crippen molar-refractivity contribution >= 4 is 83.0 Å². The number of fused-ring (bicyclic) bond motifs is 4. The third-order valence-corrected chi connectivity index (χ3v) is 17.7. The van der Waals surface area contributed by atoms with E-state index in [1.807, 2.05) is 143 Å². The first-order valence-corrected chi connectivity index (χ1v) is 31.5. The number of piperidine rings is 4.